The van der Waals surface area contributed by atoms with Crippen LogP contribution in [0.5, 0.6) is 11.5 Å². The number of nitrogens with one attached hydrogen (secondary N) is 2. The zero-order valence-electron chi connectivity index (χ0n) is 23.0. The fourth-order valence-electron chi connectivity index (χ4n) is 5.37. The molecule has 2 fully saturated rings. The molecule has 2 aliphatic heterocycles. The predicted molar refractivity (Wildman–Crippen MR) is 159 cm³/mol. The van der Waals surface area contributed by atoms with Crippen LogP contribution < -0.4 is 25.4 Å². The lowest BCUT2D eigenvalue weighted by Gasteiger charge is -2.50. The highest BCUT2D eigenvalue weighted by molar-refractivity contribution is 6.35. The Morgan fingerprint density at radius 2 is 1.98 bits per heavy atom. The van der Waals surface area contributed by atoms with Gasteiger partial charge in [0.25, 0.3) is 0 Å². The first-order chi connectivity index (χ1) is 19.6. The van der Waals surface area contributed by atoms with E-state index in [9.17, 15) is 5.26 Å². The first-order valence-corrected chi connectivity index (χ1v) is 13.9. The summed E-state index contributed by atoms with van der Waals surface area (Å²) in [5.41, 5.74) is 8.48. The molecule has 4 heterocycles. The van der Waals surface area contributed by atoms with E-state index >= 15 is 0 Å². The van der Waals surface area contributed by atoms with E-state index in [4.69, 9.17) is 48.6 Å². The maximum Gasteiger partial charge on any atom is 0.162 e. The Morgan fingerprint density at radius 1 is 1.24 bits per heavy atom. The van der Waals surface area contributed by atoms with Gasteiger partial charge in [0.15, 0.2) is 11.5 Å². The van der Waals surface area contributed by atoms with Gasteiger partial charge < -0.3 is 30.2 Å². The Balaban J connectivity index is 1.37. The number of hydrogen-bond donors (Lipinski definition) is 3. The van der Waals surface area contributed by atoms with E-state index in [-0.39, 0.29) is 11.3 Å². The molecule has 3 aromatic rings. The fraction of sp³-hybridized carbons (Fsp3) is 0.379. The molecular weight excluding hydrogens is 565 g/mol. The lowest BCUT2D eigenvalue weighted by molar-refractivity contribution is 0.175. The van der Waals surface area contributed by atoms with E-state index in [1.165, 1.54) is 19.5 Å². The van der Waals surface area contributed by atoms with E-state index in [0.29, 0.717) is 61.3 Å². The summed E-state index contributed by atoms with van der Waals surface area (Å²) in [6.45, 7) is 6.91. The van der Waals surface area contributed by atoms with E-state index in [1.807, 2.05) is 0 Å². The molecule has 1 unspecified atom stereocenters. The topological polar surface area (TPSA) is 142 Å². The second-order valence-electron chi connectivity index (χ2n) is 10.6. The van der Waals surface area contributed by atoms with Gasteiger partial charge in [-0.05, 0) is 32.4 Å². The maximum absolute atomic E-state index is 9.94. The highest BCUT2D eigenvalue weighted by Gasteiger charge is 2.42. The normalized spacial score (nSPS) is 18.3. The number of nitriles is 1. The van der Waals surface area contributed by atoms with Crippen LogP contribution in [0, 0.1) is 16.7 Å². The summed E-state index contributed by atoms with van der Waals surface area (Å²) < 4.78 is 17.2. The van der Waals surface area contributed by atoms with Crippen LogP contribution in [0.25, 0.3) is 0 Å². The molecule has 2 atom stereocenters. The van der Waals surface area contributed by atoms with Crippen LogP contribution in [0.15, 0.2) is 36.8 Å². The minimum atomic E-state index is -0.554. The van der Waals surface area contributed by atoms with Gasteiger partial charge in [-0.25, -0.2) is 4.98 Å². The van der Waals surface area contributed by atoms with Gasteiger partial charge in [0.05, 0.1) is 40.6 Å². The third-order valence-electron chi connectivity index (χ3n) is 7.34. The number of aromatic nitrogens is 2. The van der Waals surface area contributed by atoms with Crippen LogP contribution in [-0.4, -0.2) is 60.7 Å². The Kier molecular flexibility index (Phi) is 8.25. The Hall–Kier alpha value is -3.62. The number of rotatable bonds is 9. The van der Waals surface area contributed by atoms with Gasteiger partial charge in [0, 0.05) is 72.8 Å². The number of hydrogen-bond acceptors (Lipinski definition) is 10. The summed E-state index contributed by atoms with van der Waals surface area (Å²) in [5, 5.41) is 23.3. The summed E-state index contributed by atoms with van der Waals surface area (Å²) in [5.74, 6) is 1.33. The predicted octanol–water partition coefficient (Wildman–Crippen LogP) is 4.76. The minimum absolute atomic E-state index is 0.0754. The Labute approximate surface area is 248 Å². The molecule has 214 valence electrons. The standard InChI is InChI=1S/C29H31Cl2N7O3/c1-16(26-21(30)11-35-12-22(26)31)41-25-7-20(23(33)8-24(25)39-3)27(34)18-6-17(9-32)28(36-10-18)38-14-29(2,15-38)37-19-4-5-40-13-19/h6-8,10-12,16,19,34,37H,4-5,13-15,33H2,1-3H3/t16-,19?/m1/s1. The van der Waals surface area contributed by atoms with Crippen molar-refractivity contribution in [2.45, 2.75) is 38.0 Å². The first-order valence-electron chi connectivity index (χ1n) is 13.2. The van der Waals surface area contributed by atoms with E-state index < -0.39 is 6.10 Å². The average Bonchev–Trinajstić information content (AvgIpc) is 3.44. The highest BCUT2D eigenvalue weighted by atomic mass is 35.5. The minimum Gasteiger partial charge on any atom is -0.493 e. The largest absolute Gasteiger partial charge is 0.493 e. The van der Waals surface area contributed by atoms with Crippen LogP contribution in [0.1, 0.15) is 48.6 Å². The molecule has 0 amide bonds. The summed E-state index contributed by atoms with van der Waals surface area (Å²) in [6, 6.07) is 7.49. The quantitative estimate of drug-likeness (QED) is 0.235. The van der Waals surface area contributed by atoms with E-state index in [1.54, 1.807) is 31.3 Å². The van der Waals surface area contributed by atoms with Crippen molar-refractivity contribution in [3.05, 3.63) is 69.1 Å². The van der Waals surface area contributed by atoms with E-state index in [2.05, 4.69) is 33.2 Å². The molecule has 0 radical (unpaired) electrons. The molecule has 2 aliphatic rings. The van der Waals surface area contributed by atoms with Gasteiger partial charge in [-0.1, -0.05) is 23.2 Å². The van der Waals surface area contributed by atoms with Gasteiger partial charge >= 0.3 is 0 Å². The molecule has 0 aliphatic carbocycles. The number of ether oxygens (including phenoxy) is 3. The summed E-state index contributed by atoms with van der Waals surface area (Å²) in [6.07, 6.45) is 5.03. The molecule has 4 N–H and O–H groups in total. The van der Waals surface area contributed by atoms with Gasteiger partial charge in [-0.15, -0.1) is 0 Å². The number of nitrogens with zero attached hydrogens (tertiary/aromatic N) is 4. The Morgan fingerprint density at radius 3 is 2.61 bits per heavy atom. The molecular formula is C29H31Cl2N7O3. The third-order valence-corrected chi connectivity index (χ3v) is 7.95. The molecule has 41 heavy (non-hydrogen) atoms. The van der Waals surface area contributed by atoms with Crippen LogP contribution >= 0.6 is 23.2 Å². The van der Waals surface area contributed by atoms with Crippen molar-refractivity contribution >= 4 is 40.4 Å². The maximum atomic E-state index is 9.94. The van der Waals surface area contributed by atoms with Crippen molar-refractivity contribution in [1.82, 2.24) is 15.3 Å². The summed E-state index contributed by atoms with van der Waals surface area (Å²) >= 11 is 12.7. The van der Waals surface area contributed by atoms with Crippen LogP contribution in [0.4, 0.5) is 11.5 Å². The molecule has 0 saturated carbocycles. The lowest BCUT2D eigenvalue weighted by Crippen LogP contribution is -2.69. The van der Waals surface area contributed by atoms with Crippen molar-refractivity contribution in [3.63, 3.8) is 0 Å². The first kappa shape index (κ1) is 28.9. The summed E-state index contributed by atoms with van der Waals surface area (Å²) in [4.78, 5) is 10.6. The highest BCUT2D eigenvalue weighted by Crippen LogP contribution is 2.39. The van der Waals surface area contributed by atoms with Crippen LogP contribution in [0.3, 0.4) is 0 Å². The second-order valence-corrected chi connectivity index (χ2v) is 11.4. The van der Waals surface area contributed by atoms with Crippen LogP contribution in [-0.2, 0) is 4.74 Å². The fourth-order valence-corrected chi connectivity index (χ4v) is 6.04. The number of pyridine rings is 2. The zero-order valence-corrected chi connectivity index (χ0v) is 24.5. The zero-order chi connectivity index (χ0) is 29.3. The van der Waals surface area contributed by atoms with E-state index in [0.717, 1.165) is 32.7 Å². The second kappa shape index (κ2) is 11.7. The van der Waals surface area contributed by atoms with Crippen molar-refractivity contribution in [2.24, 2.45) is 0 Å². The van der Waals surface area contributed by atoms with Gasteiger partial charge in [0.2, 0.25) is 0 Å². The van der Waals surface area contributed by atoms with Crippen molar-refractivity contribution in [2.75, 3.05) is 44.0 Å². The van der Waals surface area contributed by atoms with Crippen LogP contribution in [0.2, 0.25) is 10.0 Å². The number of nitrogen functional groups attached to an aromatic ring is 1. The van der Waals surface area contributed by atoms with Gasteiger partial charge in [-0.2, -0.15) is 5.26 Å². The molecule has 2 aromatic heterocycles. The van der Waals surface area contributed by atoms with Crippen molar-refractivity contribution in [1.29, 1.82) is 10.7 Å². The van der Waals surface area contributed by atoms with Gasteiger partial charge in [-0.3, -0.25) is 10.4 Å². The average molecular weight is 597 g/mol. The molecule has 10 nitrogen and oxygen atoms in total. The number of nitrogens with two attached hydrogens (primary N) is 1. The molecule has 1 aromatic carbocycles. The molecule has 5 rings (SSSR count). The number of benzene rings is 1. The third kappa shape index (κ3) is 5.90. The molecule has 12 heteroatoms. The Bertz CT molecular complexity index is 1490. The number of halogens is 2. The molecule has 2 saturated heterocycles. The van der Waals surface area contributed by atoms with Crippen molar-refractivity contribution in [3.8, 4) is 17.6 Å². The smallest absolute Gasteiger partial charge is 0.162 e. The molecule has 0 spiro atoms. The molecule has 0 bridgehead atoms. The lowest BCUT2D eigenvalue weighted by atomic mass is 9.90. The number of methoxy groups -OCH3 is 1. The monoisotopic (exact) mass is 595 g/mol. The number of anilines is 2. The van der Waals surface area contributed by atoms with Gasteiger partial charge in [0.1, 0.15) is 18.0 Å². The summed E-state index contributed by atoms with van der Waals surface area (Å²) in [7, 11) is 1.50. The van der Waals surface area contributed by atoms with Crippen molar-refractivity contribution < 1.29 is 14.2 Å². The SMILES string of the molecule is COc1cc(N)c(C(=N)c2cnc(N3CC(C)(NC4CCOC4)C3)c(C#N)c2)cc1O[C@H](C)c1c(Cl)cncc1Cl.